The number of alkyl carbamates (subject to hydrolysis) is 1. The van der Waals surface area contributed by atoms with Crippen molar-refractivity contribution in [2.75, 3.05) is 6.54 Å². The zero-order chi connectivity index (χ0) is 11.8. The summed E-state index contributed by atoms with van der Waals surface area (Å²) < 4.78 is 3.80. The third kappa shape index (κ3) is 7.83. The van der Waals surface area contributed by atoms with Gasteiger partial charge in [-0.1, -0.05) is 0 Å². The highest BCUT2D eigenvalue weighted by molar-refractivity contribution is 5.85. The Morgan fingerprint density at radius 2 is 1.67 bits per heavy atom. The Morgan fingerprint density at radius 1 is 1.07 bits per heavy atom. The largest absolute Gasteiger partial charge is 0.530 e. The van der Waals surface area contributed by atoms with Gasteiger partial charge in [0.25, 0.3) is 0 Å². The minimum absolute atomic E-state index is 0.744. The van der Waals surface area contributed by atoms with Gasteiger partial charge < -0.3 is 25.1 Å². The van der Waals surface area contributed by atoms with E-state index in [1.807, 2.05) is 0 Å². The van der Waals surface area contributed by atoms with E-state index in [9.17, 15) is 19.2 Å². The highest BCUT2D eigenvalue weighted by Crippen LogP contribution is 1.80. The number of hydrogen-bond acceptors (Lipinski definition) is 6. The predicted octanol–water partition coefficient (Wildman–Crippen LogP) is -0.884. The number of carboxylic acid groups (broad SMARTS) is 2. The number of carbonyl (C=O) groups is 4. The van der Waals surface area contributed by atoms with Crippen LogP contribution >= 0.6 is 0 Å². The molecule has 0 bridgehead atoms. The summed E-state index contributed by atoms with van der Waals surface area (Å²) in [6.07, 6.45) is -4.66. The molecule has 0 unspecified atom stereocenters. The van der Waals surface area contributed by atoms with E-state index in [2.05, 4.69) is 9.57 Å². The van der Waals surface area contributed by atoms with Crippen molar-refractivity contribution in [1.82, 2.24) is 10.8 Å². The van der Waals surface area contributed by atoms with Crippen LogP contribution in [0.5, 0.6) is 0 Å². The Balaban J connectivity index is 3.71. The van der Waals surface area contributed by atoms with Crippen LogP contribution in [-0.4, -0.2) is 41.1 Å². The van der Waals surface area contributed by atoms with E-state index >= 15 is 0 Å². The summed E-state index contributed by atoms with van der Waals surface area (Å²) in [4.78, 5) is 44.2. The molecule has 0 aliphatic rings. The van der Waals surface area contributed by atoms with Gasteiger partial charge in [0.15, 0.2) is 0 Å². The van der Waals surface area contributed by atoms with Crippen LogP contribution in [0.4, 0.5) is 14.4 Å². The summed E-state index contributed by atoms with van der Waals surface area (Å²) in [5, 5.41) is 17.7. The lowest BCUT2D eigenvalue weighted by Crippen LogP contribution is -2.35. The highest BCUT2D eigenvalue weighted by Gasteiger charge is 2.12. The first kappa shape index (κ1) is 12.5. The molecule has 2 amide bonds. The number of ether oxygens (including phenoxy) is 1. The third-order valence-corrected chi connectivity index (χ3v) is 0.791. The molecule has 0 atom stereocenters. The lowest BCUT2D eigenvalue weighted by molar-refractivity contribution is -0.135. The van der Waals surface area contributed by atoms with Gasteiger partial charge in [-0.05, 0) is 0 Å². The van der Waals surface area contributed by atoms with Gasteiger partial charge in [0.05, 0.1) is 0 Å². The predicted molar refractivity (Wildman–Crippen MR) is 39.8 cm³/mol. The van der Waals surface area contributed by atoms with Crippen molar-refractivity contribution < 1.29 is 39.0 Å². The first-order valence-electron chi connectivity index (χ1n) is 3.29. The number of aliphatic carboxylic acids is 1. The standard InChI is InChI=1S/C5H6N2O8/c8-2(9)1-6-3(10)14-4(11)7-15-5(12)13/h1H2,(H,6,10)(H,7,11)(H,8,9)(H,12,13). The molecule has 0 heterocycles. The summed E-state index contributed by atoms with van der Waals surface area (Å²) in [6, 6.07) is 0. The molecule has 4 N–H and O–H groups in total. The van der Waals surface area contributed by atoms with Gasteiger partial charge in [-0.25, -0.2) is 14.4 Å². The van der Waals surface area contributed by atoms with Gasteiger partial charge >= 0.3 is 24.3 Å². The van der Waals surface area contributed by atoms with E-state index in [0.717, 1.165) is 0 Å². The van der Waals surface area contributed by atoms with Crippen molar-refractivity contribution in [1.29, 1.82) is 0 Å². The van der Waals surface area contributed by atoms with Gasteiger partial charge in [-0.15, -0.1) is 5.48 Å². The maximum absolute atomic E-state index is 10.5. The van der Waals surface area contributed by atoms with Crippen LogP contribution in [-0.2, 0) is 14.4 Å². The Bertz CT molecular complexity index is 259. The molecule has 0 fully saturated rings. The molecule has 0 aromatic carbocycles. The van der Waals surface area contributed by atoms with Crippen LogP contribution in [0.3, 0.4) is 0 Å². The second-order valence-electron chi connectivity index (χ2n) is 1.89. The number of nitrogens with one attached hydrogen (secondary N) is 2. The fourth-order valence-electron chi connectivity index (χ4n) is 0.374. The topological polar surface area (TPSA) is 151 Å². The van der Waals surface area contributed by atoms with Crippen molar-refractivity contribution in [3.8, 4) is 0 Å². The normalized spacial score (nSPS) is 8.53. The SMILES string of the molecule is O=C(O)CNC(=O)OC(=O)NOC(=O)O. The molecule has 0 rings (SSSR count). The molecule has 10 heteroatoms. The van der Waals surface area contributed by atoms with Crippen LogP contribution < -0.4 is 10.8 Å². The molecular formula is C5H6N2O8. The van der Waals surface area contributed by atoms with E-state index < -0.39 is 30.9 Å². The van der Waals surface area contributed by atoms with Crippen molar-refractivity contribution >= 4 is 24.3 Å². The van der Waals surface area contributed by atoms with Crippen molar-refractivity contribution in [2.24, 2.45) is 0 Å². The molecule has 0 aliphatic carbocycles. The van der Waals surface area contributed by atoms with E-state index in [1.54, 1.807) is 5.32 Å². The van der Waals surface area contributed by atoms with E-state index in [1.165, 1.54) is 5.48 Å². The quantitative estimate of drug-likeness (QED) is 0.347. The molecule has 15 heavy (non-hydrogen) atoms. The van der Waals surface area contributed by atoms with Crippen molar-refractivity contribution in [3.05, 3.63) is 0 Å². The number of amides is 2. The van der Waals surface area contributed by atoms with Crippen LogP contribution in [0.25, 0.3) is 0 Å². The second kappa shape index (κ2) is 6.01. The molecule has 0 saturated carbocycles. The summed E-state index contributed by atoms with van der Waals surface area (Å²) in [5.41, 5.74) is 1.23. The van der Waals surface area contributed by atoms with Gasteiger partial charge in [0.1, 0.15) is 6.54 Å². The summed E-state index contributed by atoms with van der Waals surface area (Å²) >= 11 is 0. The molecule has 0 aromatic rings. The van der Waals surface area contributed by atoms with Crippen molar-refractivity contribution in [2.45, 2.75) is 0 Å². The Morgan fingerprint density at radius 3 is 2.13 bits per heavy atom. The van der Waals surface area contributed by atoms with Gasteiger partial charge in [-0.2, -0.15) is 0 Å². The van der Waals surface area contributed by atoms with Gasteiger partial charge in [0.2, 0.25) is 0 Å². The summed E-state index contributed by atoms with van der Waals surface area (Å²) in [5.74, 6) is -1.34. The average molecular weight is 222 g/mol. The van der Waals surface area contributed by atoms with E-state index in [-0.39, 0.29) is 0 Å². The number of carboxylic acids is 1. The van der Waals surface area contributed by atoms with Crippen LogP contribution in [0.1, 0.15) is 0 Å². The number of hydroxylamine groups is 1. The molecule has 0 aromatic heterocycles. The molecule has 0 aliphatic heterocycles. The number of carbonyl (C=O) groups excluding carboxylic acids is 2. The average Bonchev–Trinajstić information content (AvgIpc) is 2.11. The fraction of sp³-hybridized carbons (Fsp3) is 0.200. The van der Waals surface area contributed by atoms with Crippen molar-refractivity contribution in [3.63, 3.8) is 0 Å². The Hall–Kier alpha value is -2.52. The molecule has 0 spiro atoms. The van der Waals surface area contributed by atoms with Crippen LogP contribution in [0.15, 0.2) is 0 Å². The first-order chi connectivity index (χ1) is 6.91. The Kier molecular flexibility index (Phi) is 5.00. The van der Waals surface area contributed by atoms with Crippen LogP contribution in [0.2, 0.25) is 0 Å². The zero-order valence-electron chi connectivity index (χ0n) is 7.05. The van der Waals surface area contributed by atoms with Gasteiger partial charge in [0, 0.05) is 0 Å². The monoisotopic (exact) mass is 222 g/mol. The minimum atomic E-state index is -1.81. The number of hydrogen-bond donors (Lipinski definition) is 4. The summed E-state index contributed by atoms with van der Waals surface area (Å²) in [7, 11) is 0. The molecule has 84 valence electrons. The third-order valence-electron chi connectivity index (χ3n) is 0.791. The number of rotatable bonds is 2. The molecule has 0 saturated heterocycles. The highest BCUT2D eigenvalue weighted by atomic mass is 16.8. The second-order valence-corrected chi connectivity index (χ2v) is 1.89. The molecule has 10 nitrogen and oxygen atoms in total. The molecule has 0 radical (unpaired) electrons. The maximum Gasteiger partial charge on any atom is 0.530 e. The first-order valence-corrected chi connectivity index (χ1v) is 3.29. The van der Waals surface area contributed by atoms with Crippen LogP contribution in [0, 0.1) is 0 Å². The van der Waals surface area contributed by atoms with E-state index in [0.29, 0.717) is 0 Å². The fourth-order valence-corrected chi connectivity index (χ4v) is 0.374. The lowest BCUT2D eigenvalue weighted by atomic mass is 10.7. The zero-order valence-corrected chi connectivity index (χ0v) is 7.05. The maximum atomic E-state index is 10.5. The summed E-state index contributed by atoms with van der Waals surface area (Å²) in [6.45, 7) is -0.744. The minimum Gasteiger partial charge on any atom is -0.480 e. The molecular weight excluding hydrogens is 216 g/mol. The van der Waals surface area contributed by atoms with E-state index in [4.69, 9.17) is 10.2 Å². The lowest BCUT2D eigenvalue weighted by Gasteiger charge is -2.03. The van der Waals surface area contributed by atoms with Gasteiger partial charge in [-0.3, -0.25) is 4.79 Å². The Labute approximate surface area is 81.7 Å². The smallest absolute Gasteiger partial charge is 0.480 e.